The maximum absolute atomic E-state index is 15.1. The molecule has 11 heteroatoms. The van der Waals surface area contributed by atoms with Crippen LogP contribution in [0.15, 0.2) is 54.6 Å². The number of alkyl carbamates (subject to hydrolysis) is 1. The topological polar surface area (TPSA) is 103 Å². The van der Waals surface area contributed by atoms with Crippen molar-refractivity contribution in [2.24, 2.45) is 5.92 Å². The lowest BCUT2D eigenvalue weighted by molar-refractivity contribution is -0.890. The van der Waals surface area contributed by atoms with Gasteiger partial charge in [0.1, 0.15) is 36.9 Å². The van der Waals surface area contributed by atoms with Crippen LogP contribution in [0.3, 0.4) is 0 Å². The van der Waals surface area contributed by atoms with Gasteiger partial charge in [0, 0.05) is 51.5 Å². The summed E-state index contributed by atoms with van der Waals surface area (Å²) >= 11 is 12.6. The van der Waals surface area contributed by atoms with Gasteiger partial charge in [0.2, 0.25) is 0 Å². The number of carbonyl (C=O) groups is 2. The number of aromatic hydroxyl groups is 1. The number of nitrogens with zero attached hydrogens (tertiary/aromatic N) is 1. The number of aryl methyl sites for hydroxylation is 2. The van der Waals surface area contributed by atoms with Crippen LogP contribution < -0.4 is 14.8 Å². The molecule has 0 heterocycles. The molecule has 0 aliphatic heterocycles. The van der Waals surface area contributed by atoms with Crippen molar-refractivity contribution in [1.82, 2.24) is 5.32 Å². The fraction of sp³-hybridized carbons (Fsp3) is 0.512. The van der Waals surface area contributed by atoms with E-state index in [1.807, 2.05) is 52.0 Å². The normalized spacial score (nSPS) is 15.2. The van der Waals surface area contributed by atoms with E-state index in [0.29, 0.717) is 45.6 Å². The highest BCUT2D eigenvalue weighted by Gasteiger charge is 2.60. The number of rotatable bonds is 18. The third-order valence-electron chi connectivity index (χ3n) is 9.49. The van der Waals surface area contributed by atoms with Gasteiger partial charge in [-0.25, -0.2) is 9.59 Å². The molecule has 0 aromatic heterocycles. The molecule has 2 aliphatic carbocycles. The van der Waals surface area contributed by atoms with Gasteiger partial charge in [0.15, 0.2) is 5.75 Å². The Bertz CT molecular complexity index is 1650. The van der Waals surface area contributed by atoms with Crippen LogP contribution in [0, 0.1) is 12.8 Å². The molecular formula is C41H53Cl2N2O7+. The fourth-order valence-electron chi connectivity index (χ4n) is 7.01. The van der Waals surface area contributed by atoms with E-state index < -0.39 is 17.6 Å². The highest BCUT2D eigenvalue weighted by atomic mass is 35.5. The Labute approximate surface area is 318 Å². The van der Waals surface area contributed by atoms with Crippen LogP contribution in [0.25, 0.3) is 0 Å². The number of phenolic OH excluding ortho intramolecular Hbond substituents is 1. The monoisotopic (exact) mass is 755 g/mol. The molecule has 5 rings (SSSR count). The van der Waals surface area contributed by atoms with Crippen LogP contribution in [-0.2, 0) is 33.7 Å². The largest absolute Gasteiger partial charge is 0.508 e. The Morgan fingerprint density at radius 1 is 0.885 bits per heavy atom. The zero-order chi connectivity index (χ0) is 37.5. The van der Waals surface area contributed by atoms with Crippen molar-refractivity contribution in [3.63, 3.8) is 0 Å². The highest BCUT2D eigenvalue weighted by molar-refractivity contribution is 6.37. The Hall–Kier alpha value is -3.50. The minimum atomic E-state index is -0.665. The van der Waals surface area contributed by atoms with Crippen molar-refractivity contribution in [2.75, 3.05) is 33.5 Å². The van der Waals surface area contributed by atoms with E-state index in [9.17, 15) is 9.90 Å². The lowest BCUT2D eigenvalue weighted by atomic mass is 9.95. The summed E-state index contributed by atoms with van der Waals surface area (Å²) in [5.74, 6) is 0.922. The van der Waals surface area contributed by atoms with Gasteiger partial charge in [-0.05, 0) is 106 Å². The van der Waals surface area contributed by atoms with Gasteiger partial charge >= 0.3 is 12.0 Å². The number of carbonyl (C=O) groups excluding carboxylic acids is 2. The molecule has 2 aliphatic rings. The van der Waals surface area contributed by atoms with Crippen LogP contribution >= 0.6 is 23.2 Å². The molecule has 2 saturated carbocycles. The average Bonchev–Trinajstić information content (AvgIpc) is 3.99. The second-order valence-electron chi connectivity index (χ2n) is 15.2. The SMILES string of the molecule is COCCCc1cc(O)cc(C[N+](C(=O)C(CNC(=O)OC(C)(C)C)Cc2ccc(OCCOc3c(Cl)cc(C)cc3Cl)cc2)(C2CC2)C2CC2)c1. The first kappa shape index (κ1) is 39.7. The van der Waals surface area contributed by atoms with Crippen LogP contribution in [0.5, 0.6) is 17.2 Å². The van der Waals surface area contributed by atoms with E-state index in [0.717, 1.165) is 60.8 Å². The average molecular weight is 757 g/mol. The van der Waals surface area contributed by atoms with Crippen molar-refractivity contribution in [3.05, 3.63) is 86.9 Å². The Balaban J connectivity index is 1.32. The van der Waals surface area contributed by atoms with E-state index in [2.05, 4.69) is 11.4 Å². The maximum Gasteiger partial charge on any atom is 0.407 e. The minimum Gasteiger partial charge on any atom is -0.508 e. The molecule has 282 valence electrons. The second kappa shape index (κ2) is 17.5. The molecule has 2 fully saturated rings. The maximum atomic E-state index is 15.1. The van der Waals surface area contributed by atoms with Gasteiger partial charge in [0.05, 0.1) is 28.0 Å². The molecule has 1 atom stereocenters. The minimum absolute atomic E-state index is 0.122. The van der Waals surface area contributed by atoms with Gasteiger partial charge < -0.3 is 29.4 Å². The third kappa shape index (κ3) is 11.0. The van der Waals surface area contributed by atoms with Gasteiger partial charge in [-0.2, -0.15) is 0 Å². The predicted molar refractivity (Wildman–Crippen MR) is 203 cm³/mol. The van der Waals surface area contributed by atoms with Crippen LogP contribution in [0.4, 0.5) is 4.79 Å². The zero-order valence-corrected chi connectivity index (χ0v) is 32.5. The number of ether oxygens (including phenoxy) is 4. The number of quaternary nitrogens is 1. The van der Waals surface area contributed by atoms with Gasteiger partial charge in [-0.15, -0.1) is 0 Å². The summed E-state index contributed by atoms with van der Waals surface area (Å²) in [5, 5.41) is 14.5. The molecule has 0 spiro atoms. The van der Waals surface area contributed by atoms with Crippen molar-refractivity contribution < 1.29 is 38.1 Å². The number of hydrogen-bond donors (Lipinski definition) is 2. The molecule has 0 bridgehead atoms. The van der Waals surface area contributed by atoms with Crippen molar-refractivity contribution in [2.45, 2.75) is 96.9 Å². The smallest absolute Gasteiger partial charge is 0.407 e. The number of phenols is 1. The summed E-state index contributed by atoms with van der Waals surface area (Å²) in [5.41, 5.74) is 3.22. The van der Waals surface area contributed by atoms with Crippen LogP contribution in [0.2, 0.25) is 10.0 Å². The number of halogens is 2. The lowest BCUT2D eigenvalue weighted by Crippen LogP contribution is -2.59. The number of amides is 2. The standard InChI is InChI=1S/C41H52Cl2N2O7/c1-27-19-36(42)38(37(43)20-27)51-18-17-50-35-14-8-28(9-15-35)22-31(25-44-40(48)52-41(2,3)4)39(47)45(32-10-11-32,33-12-13-33)26-30-21-29(7-6-16-49-5)23-34(46)24-30/h8-9,14-15,19-21,23-24,31-33H,6-7,10-13,16-18,22,25-26H2,1-5H3,(H-,44,46,48)/p+1. The Morgan fingerprint density at radius 2 is 1.50 bits per heavy atom. The lowest BCUT2D eigenvalue weighted by Gasteiger charge is -2.39. The number of hydrogen-bond acceptors (Lipinski definition) is 7. The quantitative estimate of drug-likeness (QED) is 0.0991. The van der Waals surface area contributed by atoms with E-state index in [1.54, 1.807) is 31.4 Å². The van der Waals surface area contributed by atoms with Crippen molar-refractivity contribution in [3.8, 4) is 17.2 Å². The third-order valence-corrected chi connectivity index (χ3v) is 10.1. The summed E-state index contributed by atoms with van der Waals surface area (Å²) in [6.45, 7) is 9.21. The number of benzene rings is 3. The van der Waals surface area contributed by atoms with Crippen molar-refractivity contribution >= 4 is 35.2 Å². The first-order chi connectivity index (χ1) is 24.8. The molecule has 9 nitrogen and oxygen atoms in total. The van der Waals surface area contributed by atoms with E-state index in [1.165, 1.54) is 0 Å². The van der Waals surface area contributed by atoms with Gasteiger partial charge in [0.25, 0.3) is 0 Å². The Kier molecular flexibility index (Phi) is 13.4. The van der Waals surface area contributed by atoms with Crippen LogP contribution in [0.1, 0.15) is 75.1 Å². The molecule has 52 heavy (non-hydrogen) atoms. The number of nitrogens with one attached hydrogen (secondary N) is 1. The van der Waals surface area contributed by atoms with E-state index >= 15 is 4.79 Å². The number of methoxy groups -OCH3 is 1. The molecular weight excluding hydrogens is 703 g/mol. The van der Waals surface area contributed by atoms with Gasteiger partial charge in [-0.1, -0.05) is 35.3 Å². The first-order valence-electron chi connectivity index (χ1n) is 18.3. The van der Waals surface area contributed by atoms with Crippen LogP contribution in [-0.4, -0.2) is 72.7 Å². The zero-order valence-electron chi connectivity index (χ0n) is 31.0. The summed E-state index contributed by atoms with van der Waals surface area (Å²) in [4.78, 5) is 27.9. The van der Waals surface area contributed by atoms with E-state index in [4.69, 9.17) is 42.1 Å². The molecule has 2 N–H and O–H groups in total. The molecule has 1 unspecified atom stereocenters. The highest BCUT2D eigenvalue weighted by Crippen LogP contribution is 2.48. The summed E-state index contributed by atoms with van der Waals surface area (Å²) in [6.07, 6.45) is 5.42. The second-order valence-corrected chi connectivity index (χ2v) is 16.0. The molecule has 3 aromatic carbocycles. The van der Waals surface area contributed by atoms with E-state index in [-0.39, 0.29) is 43.5 Å². The summed E-state index contributed by atoms with van der Waals surface area (Å²) in [6, 6.07) is 17.4. The summed E-state index contributed by atoms with van der Waals surface area (Å²) in [7, 11) is 1.69. The first-order valence-corrected chi connectivity index (χ1v) is 19.0. The molecule has 3 aromatic rings. The molecule has 0 radical (unpaired) electrons. The summed E-state index contributed by atoms with van der Waals surface area (Å²) < 4.78 is 22.9. The molecule has 2 amide bonds. The Morgan fingerprint density at radius 3 is 2.10 bits per heavy atom. The molecule has 0 saturated heterocycles. The fourth-order valence-corrected chi connectivity index (χ4v) is 7.71. The van der Waals surface area contributed by atoms with Gasteiger partial charge in [-0.3, -0.25) is 4.48 Å². The van der Waals surface area contributed by atoms with Crippen molar-refractivity contribution in [1.29, 1.82) is 0 Å². The predicted octanol–water partition coefficient (Wildman–Crippen LogP) is 8.60.